The Kier molecular flexibility index (Phi) is 5.62. The number of aryl methyl sites for hydroxylation is 1. The molecule has 0 saturated heterocycles. The molecule has 0 aliphatic carbocycles. The van der Waals surface area contributed by atoms with Gasteiger partial charge in [-0.15, -0.1) is 0 Å². The molecule has 132 valence electrons. The fraction of sp³-hybridized carbons (Fsp3) is 0.176. The maximum Gasteiger partial charge on any atom is 0.338 e. The maximum absolute atomic E-state index is 12.3. The van der Waals surface area contributed by atoms with Crippen molar-refractivity contribution in [2.75, 3.05) is 0 Å². The lowest BCUT2D eigenvalue weighted by Gasteiger charge is -2.13. The van der Waals surface area contributed by atoms with E-state index in [4.69, 9.17) is 21.5 Å². The molecular weight excluding hydrogens is 366 g/mol. The molecule has 0 heterocycles. The largest absolute Gasteiger partial charge is 0.451 e. The molecule has 0 aliphatic heterocycles. The van der Waals surface area contributed by atoms with Crippen LogP contribution in [0, 0.1) is 6.92 Å². The van der Waals surface area contributed by atoms with Crippen molar-refractivity contribution in [3.8, 4) is 0 Å². The van der Waals surface area contributed by atoms with Crippen LogP contribution in [-0.4, -0.2) is 26.3 Å². The van der Waals surface area contributed by atoms with Crippen LogP contribution in [0.3, 0.4) is 0 Å². The lowest BCUT2D eigenvalue weighted by atomic mass is 10.1. The topological polar surface area (TPSA) is 104 Å². The summed E-state index contributed by atoms with van der Waals surface area (Å²) in [5.74, 6) is -1.22. The monoisotopic (exact) mass is 381 g/mol. The lowest BCUT2D eigenvalue weighted by molar-refractivity contribution is 0.0318. The zero-order valence-corrected chi connectivity index (χ0v) is 15.1. The summed E-state index contributed by atoms with van der Waals surface area (Å²) in [7, 11) is -3.97. The number of halogens is 1. The summed E-state index contributed by atoms with van der Waals surface area (Å²) in [5, 5.41) is 5.60. The first kappa shape index (κ1) is 19.1. The standard InChI is InChI=1S/C17H16ClNO5S/c1-10-3-4-13(9-15(10)25(19,22)23)17(21)24-11(2)16(20)12-5-7-14(18)8-6-12/h3-9,11H,1-2H3,(H2,19,22,23). The number of rotatable bonds is 5. The Hall–Kier alpha value is -2.22. The molecule has 0 aliphatic rings. The molecule has 0 fully saturated rings. The van der Waals surface area contributed by atoms with Gasteiger partial charge in [-0.05, 0) is 55.8 Å². The van der Waals surface area contributed by atoms with Crippen molar-refractivity contribution in [1.29, 1.82) is 0 Å². The number of benzene rings is 2. The van der Waals surface area contributed by atoms with Crippen LogP contribution in [0.25, 0.3) is 0 Å². The lowest BCUT2D eigenvalue weighted by Crippen LogP contribution is -2.24. The zero-order valence-electron chi connectivity index (χ0n) is 13.5. The highest BCUT2D eigenvalue weighted by Crippen LogP contribution is 2.18. The van der Waals surface area contributed by atoms with E-state index in [1.165, 1.54) is 31.2 Å². The average Bonchev–Trinajstić information content (AvgIpc) is 2.54. The van der Waals surface area contributed by atoms with Gasteiger partial charge in [-0.2, -0.15) is 0 Å². The number of Topliss-reactive ketones (excluding diaryl/α,β-unsaturated/α-hetero) is 1. The van der Waals surface area contributed by atoms with Gasteiger partial charge in [0, 0.05) is 10.6 Å². The van der Waals surface area contributed by atoms with Crippen LogP contribution in [0.15, 0.2) is 47.4 Å². The Labute approximate surface area is 150 Å². The van der Waals surface area contributed by atoms with E-state index in [9.17, 15) is 18.0 Å². The predicted octanol–water partition coefficient (Wildman–Crippen LogP) is 2.72. The maximum atomic E-state index is 12.3. The fourth-order valence-corrected chi connectivity index (χ4v) is 3.10. The van der Waals surface area contributed by atoms with Crippen molar-refractivity contribution in [3.05, 3.63) is 64.2 Å². The number of sulfonamides is 1. The van der Waals surface area contributed by atoms with Crippen molar-refractivity contribution < 1.29 is 22.7 Å². The molecule has 2 N–H and O–H groups in total. The highest BCUT2D eigenvalue weighted by atomic mass is 35.5. The molecule has 0 amide bonds. The molecule has 0 aromatic heterocycles. The number of hydrogen-bond donors (Lipinski definition) is 1. The molecule has 1 atom stereocenters. The molecule has 2 aromatic rings. The number of primary sulfonamides is 1. The number of ketones is 1. The van der Waals surface area contributed by atoms with Gasteiger partial charge in [0.15, 0.2) is 6.10 Å². The van der Waals surface area contributed by atoms with Crippen molar-refractivity contribution in [1.82, 2.24) is 0 Å². The van der Waals surface area contributed by atoms with Crippen LogP contribution in [-0.2, 0) is 14.8 Å². The zero-order chi connectivity index (χ0) is 18.8. The number of ether oxygens (including phenoxy) is 1. The third-order valence-corrected chi connectivity index (χ3v) is 4.82. The second-order valence-corrected chi connectivity index (χ2v) is 7.41. The van der Waals surface area contributed by atoms with Crippen LogP contribution in [0.5, 0.6) is 0 Å². The molecule has 25 heavy (non-hydrogen) atoms. The van der Waals surface area contributed by atoms with Crippen LogP contribution in [0.4, 0.5) is 0 Å². The van der Waals surface area contributed by atoms with Gasteiger partial charge in [0.2, 0.25) is 15.8 Å². The Bertz CT molecular complexity index is 923. The molecule has 8 heteroatoms. The van der Waals surface area contributed by atoms with E-state index in [0.29, 0.717) is 16.1 Å². The van der Waals surface area contributed by atoms with Crippen LogP contribution in [0.2, 0.25) is 5.02 Å². The van der Waals surface area contributed by atoms with Crippen LogP contribution in [0.1, 0.15) is 33.2 Å². The van der Waals surface area contributed by atoms with Gasteiger partial charge in [-0.25, -0.2) is 18.4 Å². The molecular formula is C17H16ClNO5S. The summed E-state index contributed by atoms with van der Waals surface area (Å²) >= 11 is 5.77. The van der Waals surface area contributed by atoms with Crippen molar-refractivity contribution in [3.63, 3.8) is 0 Å². The summed E-state index contributed by atoms with van der Waals surface area (Å²) in [6.07, 6.45) is -1.05. The van der Waals surface area contributed by atoms with E-state index in [1.807, 2.05) is 0 Å². The SMILES string of the molecule is Cc1ccc(C(=O)OC(C)C(=O)c2ccc(Cl)cc2)cc1S(N)(=O)=O. The Morgan fingerprint density at radius 2 is 1.64 bits per heavy atom. The van der Waals surface area contributed by atoms with E-state index >= 15 is 0 Å². The number of nitrogens with two attached hydrogens (primary N) is 1. The van der Waals surface area contributed by atoms with E-state index in [0.717, 1.165) is 6.07 Å². The van der Waals surface area contributed by atoms with Gasteiger partial charge in [0.25, 0.3) is 0 Å². The van der Waals surface area contributed by atoms with Crippen molar-refractivity contribution in [2.24, 2.45) is 5.14 Å². The molecule has 6 nitrogen and oxygen atoms in total. The Morgan fingerprint density at radius 3 is 2.20 bits per heavy atom. The van der Waals surface area contributed by atoms with Gasteiger partial charge < -0.3 is 4.74 Å². The van der Waals surface area contributed by atoms with Gasteiger partial charge in [0.1, 0.15) is 0 Å². The third-order valence-electron chi connectivity index (χ3n) is 3.51. The first-order valence-electron chi connectivity index (χ1n) is 7.24. The van der Waals surface area contributed by atoms with Gasteiger partial charge >= 0.3 is 5.97 Å². The van der Waals surface area contributed by atoms with Crippen molar-refractivity contribution >= 4 is 33.4 Å². The number of esters is 1. The first-order chi connectivity index (χ1) is 11.6. The summed E-state index contributed by atoms with van der Waals surface area (Å²) in [6.45, 7) is 2.99. The Balaban J connectivity index is 2.19. The molecule has 0 bridgehead atoms. The van der Waals surface area contributed by atoms with E-state index in [2.05, 4.69) is 0 Å². The number of hydrogen-bond acceptors (Lipinski definition) is 5. The third kappa shape index (κ3) is 4.66. The van der Waals surface area contributed by atoms with Crippen LogP contribution < -0.4 is 5.14 Å². The van der Waals surface area contributed by atoms with Gasteiger partial charge in [-0.3, -0.25) is 4.79 Å². The number of carbonyl (C=O) groups excluding carboxylic acids is 2. The van der Waals surface area contributed by atoms with E-state index in [1.54, 1.807) is 19.1 Å². The highest BCUT2D eigenvalue weighted by Gasteiger charge is 2.22. The average molecular weight is 382 g/mol. The van der Waals surface area contributed by atoms with Crippen molar-refractivity contribution in [2.45, 2.75) is 24.8 Å². The molecule has 0 spiro atoms. The molecule has 2 rings (SSSR count). The smallest absolute Gasteiger partial charge is 0.338 e. The summed E-state index contributed by atoms with van der Waals surface area (Å²) in [6, 6.07) is 10.2. The molecule has 2 aromatic carbocycles. The predicted molar refractivity (Wildman–Crippen MR) is 93.2 cm³/mol. The number of carbonyl (C=O) groups is 2. The van der Waals surface area contributed by atoms with Crippen LogP contribution >= 0.6 is 11.6 Å². The minimum atomic E-state index is -3.97. The quantitative estimate of drug-likeness (QED) is 0.633. The van der Waals surface area contributed by atoms with Gasteiger partial charge in [-0.1, -0.05) is 17.7 Å². The fourth-order valence-electron chi connectivity index (χ4n) is 2.16. The summed E-state index contributed by atoms with van der Waals surface area (Å²) in [5.41, 5.74) is 0.744. The Morgan fingerprint density at radius 1 is 1.08 bits per heavy atom. The normalized spacial score (nSPS) is 12.5. The molecule has 0 saturated carbocycles. The molecule has 0 radical (unpaired) electrons. The van der Waals surface area contributed by atoms with Gasteiger partial charge in [0.05, 0.1) is 10.5 Å². The minimum Gasteiger partial charge on any atom is -0.451 e. The molecule has 1 unspecified atom stereocenters. The highest BCUT2D eigenvalue weighted by molar-refractivity contribution is 7.89. The second-order valence-electron chi connectivity index (χ2n) is 5.44. The minimum absolute atomic E-state index is 0.00891. The van der Waals surface area contributed by atoms with E-state index < -0.39 is 27.9 Å². The first-order valence-corrected chi connectivity index (χ1v) is 9.16. The summed E-state index contributed by atoms with van der Waals surface area (Å²) in [4.78, 5) is 24.3. The second kappa shape index (κ2) is 7.35. The summed E-state index contributed by atoms with van der Waals surface area (Å²) < 4.78 is 28.2. The van der Waals surface area contributed by atoms with E-state index in [-0.39, 0.29) is 10.5 Å².